The molecule has 5 heteroatoms. The Bertz CT molecular complexity index is 467. The molecule has 2 aromatic heterocycles. The Labute approximate surface area is 98.6 Å². The first kappa shape index (κ1) is 12.3. The van der Waals surface area contributed by atoms with Gasteiger partial charge in [-0.2, -0.15) is 4.57 Å². The average Bonchev–Trinajstić information content (AvgIpc) is 2.68. The number of pyridine rings is 1. The number of carboxylic acids is 1. The van der Waals surface area contributed by atoms with Crippen LogP contribution >= 0.6 is 0 Å². The van der Waals surface area contributed by atoms with E-state index in [1.807, 2.05) is 35.2 Å². The Morgan fingerprint density at radius 3 is 2.50 bits per heavy atom. The molecule has 0 unspecified atom stereocenters. The normalized spacial score (nSPS) is 9.50. The molecule has 0 aliphatic rings. The van der Waals surface area contributed by atoms with E-state index in [9.17, 15) is 4.79 Å². The van der Waals surface area contributed by atoms with Crippen LogP contribution in [0.15, 0.2) is 47.1 Å². The van der Waals surface area contributed by atoms with Gasteiger partial charge in [-0.1, -0.05) is 6.07 Å². The second kappa shape index (κ2) is 5.32. The molecular formula is C11H10ClNO3. The van der Waals surface area contributed by atoms with Gasteiger partial charge >= 0.3 is 5.97 Å². The second-order valence-electron chi connectivity index (χ2n) is 3.12. The van der Waals surface area contributed by atoms with Crippen LogP contribution < -0.4 is 17.0 Å². The van der Waals surface area contributed by atoms with Crippen LogP contribution in [0.5, 0.6) is 0 Å². The molecule has 0 radical (unpaired) electrons. The molecule has 0 saturated carbocycles. The van der Waals surface area contributed by atoms with Crippen molar-refractivity contribution >= 4 is 5.97 Å². The highest BCUT2D eigenvalue weighted by atomic mass is 35.5. The number of furan rings is 1. The molecule has 0 aromatic carbocycles. The minimum Gasteiger partial charge on any atom is -1.00 e. The van der Waals surface area contributed by atoms with Crippen molar-refractivity contribution in [1.82, 2.24) is 0 Å². The third-order valence-electron chi connectivity index (χ3n) is 1.99. The maximum Gasteiger partial charge on any atom is 0.371 e. The van der Waals surface area contributed by atoms with Crippen molar-refractivity contribution in [2.45, 2.75) is 6.54 Å². The van der Waals surface area contributed by atoms with Crippen molar-refractivity contribution in [2.24, 2.45) is 0 Å². The standard InChI is InChI=1S/C11H9NO3.ClH/c13-11(14)10-5-4-9(15-10)8-12-6-2-1-3-7-12;/h1-7H,8H2;1H. The van der Waals surface area contributed by atoms with E-state index in [1.165, 1.54) is 6.07 Å². The molecule has 2 heterocycles. The number of carbonyl (C=O) groups is 1. The van der Waals surface area contributed by atoms with Crippen LogP contribution in [0, 0.1) is 0 Å². The van der Waals surface area contributed by atoms with E-state index in [1.54, 1.807) is 6.07 Å². The van der Waals surface area contributed by atoms with E-state index in [4.69, 9.17) is 9.52 Å². The van der Waals surface area contributed by atoms with E-state index >= 15 is 0 Å². The van der Waals surface area contributed by atoms with Gasteiger partial charge in [0.2, 0.25) is 12.3 Å². The summed E-state index contributed by atoms with van der Waals surface area (Å²) < 4.78 is 7.04. The summed E-state index contributed by atoms with van der Waals surface area (Å²) in [6.07, 6.45) is 3.78. The maximum absolute atomic E-state index is 10.6. The topological polar surface area (TPSA) is 54.3 Å². The molecular weight excluding hydrogens is 230 g/mol. The Kier molecular flexibility index (Phi) is 4.08. The Hall–Kier alpha value is -1.81. The zero-order chi connectivity index (χ0) is 10.7. The average molecular weight is 240 g/mol. The summed E-state index contributed by atoms with van der Waals surface area (Å²) in [6, 6.07) is 8.86. The van der Waals surface area contributed by atoms with E-state index in [2.05, 4.69) is 0 Å². The smallest absolute Gasteiger partial charge is 0.371 e. The summed E-state index contributed by atoms with van der Waals surface area (Å²) in [4.78, 5) is 10.6. The van der Waals surface area contributed by atoms with Crippen molar-refractivity contribution in [3.8, 4) is 0 Å². The lowest BCUT2D eigenvalue weighted by Gasteiger charge is -1.92. The molecule has 0 saturated heterocycles. The first-order valence-electron chi connectivity index (χ1n) is 4.52. The number of hydrogen-bond donors (Lipinski definition) is 1. The lowest BCUT2D eigenvalue weighted by molar-refractivity contribution is -0.690. The second-order valence-corrected chi connectivity index (χ2v) is 3.12. The molecule has 0 bridgehead atoms. The van der Waals surface area contributed by atoms with Gasteiger partial charge in [-0.25, -0.2) is 4.79 Å². The SMILES string of the molecule is O=C(O)c1ccc(C[n+]2ccccc2)o1.[Cl-]. The largest absolute Gasteiger partial charge is 1.00 e. The Balaban J connectivity index is 0.00000128. The van der Waals surface area contributed by atoms with E-state index in [0.717, 1.165) is 0 Å². The summed E-state index contributed by atoms with van der Waals surface area (Å²) >= 11 is 0. The maximum atomic E-state index is 10.6. The predicted octanol–water partition coefficient (Wildman–Crippen LogP) is -1.68. The molecule has 2 rings (SSSR count). The predicted molar refractivity (Wildman–Crippen MR) is 51.4 cm³/mol. The summed E-state index contributed by atoms with van der Waals surface area (Å²) in [7, 11) is 0. The van der Waals surface area contributed by atoms with E-state index in [0.29, 0.717) is 12.3 Å². The van der Waals surface area contributed by atoms with Gasteiger partial charge in [-0.05, 0) is 12.1 Å². The first-order valence-corrected chi connectivity index (χ1v) is 4.52. The zero-order valence-electron chi connectivity index (χ0n) is 8.34. The minimum absolute atomic E-state index is 0. The van der Waals surface area contributed by atoms with Crippen LogP contribution in [-0.2, 0) is 6.54 Å². The number of carboxylic acid groups (broad SMARTS) is 1. The van der Waals surface area contributed by atoms with Crippen LogP contribution in [-0.4, -0.2) is 11.1 Å². The van der Waals surface area contributed by atoms with Crippen LogP contribution in [0.2, 0.25) is 0 Å². The number of hydrogen-bond acceptors (Lipinski definition) is 2. The summed E-state index contributed by atoms with van der Waals surface area (Å²) in [5, 5.41) is 8.66. The van der Waals surface area contributed by atoms with Gasteiger partial charge in [0.25, 0.3) is 0 Å². The fraction of sp³-hybridized carbons (Fsp3) is 0.0909. The molecule has 0 spiro atoms. The monoisotopic (exact) mass is 239 g/mol. The number of rotatable bonds is 3. The van der Waals surface area contributed by atoms with Crippen molar-refractivity contribution in [3.05, 3.63) is 54.2 Å². The van der Waals surface area contributed by atoms with Crippen molar-refractivity contribution in [2.75, 3.05) is 0 Å². The molecule has 4 nitrogen and oxygen atoms in total. The third kappa shape index (κ3) is 2.84. The lowest BCUT2D eigenvalue weighted by atomic mass is 10.4. The van der Waals surface area contributed by atoms with Crippen molar-refractivity contribution in [1.29, 1.82) is 0 Å². The third-order valence-corrected chi connectivity index (χ3v) is 1.99. The van der Waals surface area contributed by atoms with Crippen LogP contribution in [0.25, 0.3) is 0 Å². The van der Waals surface area contributed by atoms with Crippen LogP contribution in [0.3, 0.4) is 0 Å². The van der Waals surface area contributed by atoms with Crippen molar-refractivity contribution in [3.63, 3.8) is 0 Å². The van der Waals surface area contributed by atoms with E-state index in [-0.39, 0.29) is 18.2 Å². The number of nitrogens with zero attached hydrogens (tertiary/aromatic N) is 1. The van der Waals surface area contributed by atoms with E-state index < -0.39 is 5.97 Å². The number of halogens is 1. The highest BCUT2D eigenvalue weighted by molar-refractivity contribution is 5.84. The Morgan fingerprint density at radius 2 is 1.94 bits per heavy atom. The molecule has 0 aliphatic carbocycles. The van der Waals surface area contributed by atoms with Gasteiger partial charge in [-0.3, -0.25) is 0 Å². The molecule has 16 heavy (non-hydrogen) atoms. The number of aromatic nitrogens is 1. The van der Waals surface area contributed by atoms with Gasteiger partial charge in [0.05, 0.1) is 0 Å². The molecule has 0 atom stereocenters. The van der Waals surface area contributed by atoms with Gasteiger partial charge in [-0.15, -0.1) is 0 Å². The quantitative estimate of drug-likeness (QED) is 0.651. The fourth-order valence-corrected chi connectivity index (χ4v) is 1.30. The fourth-order valence-electron chi connectivity index (χ4n) is 1.30. The highest BCUT2D eigenvalue weighted by Gasteiger charge is 2.11. The van der Waals surface area contributed by atoms with Gasteiger partial charge < -0.3 is 21.9 Å². The molecule has 1 N–H and O–H groups in total. The molecule has 0 aliphatic heterocycles. The highest BCUT2D eigenvalue weighted by Crippen LogP contribution is 2.06. The minimum atomic E-state index is -1.04. The van der Waals surface area contributed by atoms with Crippen molar-refractivity contribution < 1.29 is 31.3 Å². The summed E-state index contributed by atoms with van der Waals surface area (Å²) in [5.41, 5.74) is 0. The van der Waals surface area contributed by atoms with Gasteiger partial charge in [0.15, 0.2) is 18.2 Å². The Morgan fingerprint density at radius 1 is 1.25 bits per heavy atom. The number of aromatic carboxylic acids is 1. The lowest BCUT2D eigenvalue weighted by Crippen LogP contribution is -3.00. The molecule has 0 fully saturated rings. The van der Waals surface area contributed by atoms with Crippen LogP contribution in [0.4, 0.5) is 0 Å². The molecule has 84 valence electrons. The summed E-state index contributed by atoms with van der Waals surface area (Å²) in [5.74, 6) is -0.440. The zero-order valence-corrected chi connectivity index (χ0v) is 9.09. The van der Waals surface area contributed by atoms with Gasteiger partial charge in [0.1, 0.15) is 0 Å². The first-order chi connectivity index (χ1) is 7.25. The molecule has 0 amide bonds. The summed E-state index contributed by atoms with van der Waals surface area (Å²) in [6.45, 7) is 0.536. The molecule has 2 aromatic rings. The van der Waals surface area contributed by atoms with Gasteiger partial charge in [0, 0.05) is 12.1 Å². The van der Waals surface area contributed by atoms with Crippen LogP contribution in [0.1, 0.15) is 16.3 Å².